The lowest BCUT2D eigenvalue weighted by Crippen LogP contribution is -2.51. The van der Waals surface area contributed by atoms with Gasteiger partial charge in [-0.15, -0.1) is 6.58 Å². The maximum absolute atomic E-state index is 11.1. The standard InChI is InChI=1S/C30H35NO4/c1-2-12-26-28(33-20-23-13-6-3-7-14-23)30(35-22-25-17-10-5-11-18-25)29(27(32)19-31-26)34-21-24-15-8-4-9-16-24/h2-11,13-18,26-32H,1,12,19-22H2/t26-,27+,28-,29+,30+/m0/s1. The van der Waals surface area contributed by atoms with Crippen molar-refractivity contribution in [2.75, 3.05) is 6.54 Å². The fraction of sp³-hybridized carbons (Fsp3) is 0.333. The average molecular weight is 474 g/mol. The second-order valence-corrected chi connectivity index (χ2v) is 8.89. The highest BCUT2D eigenvalue weighted by Crippen LogP contribution is 2.26. The summed E-state index contributed by atoms with van der Waals surface area (Å²) in [4.78, 5) is 0. The Labute approximate surface area is 208 Å². The van der Waals surface area contributed by atoms with Crippen LogP contribution in [0.2, 0.25) is 0 Å². The monoisotopic (exact) mass is 473 g/mol. The van der Waals surface area contributed by atoms with Crippen molar-refractivity contribution in [1.82, 2.24) is 5.32 Å². The first kappa shape index (κ1) is 25.3. The van der Waals surface area contributed by atoms with E-state index in [4.69, 9.17) is 14.2 Å². The number of aliphatic hydroxyl groups is 1. The highest BCUT2D eigenvalue weighted by Gasteiger charge is 2.43. The van der Waals surface area contributed by atoms with Gasteiger partial charge in [-0.2, -0.15) is 0 Å². The highest BCUT2D eigenvalue weighted by atomic mass is 16.6. The SMILES string of the molecule is C=CC[C@@H]1NC[C@@H](O)[C@@H](OCc2ccccc2)[C@H](OCc2ccccc2)[C@H]1OCc1ccccc1. The van der Waals surface area contributed by atoms with Gasteiger partial charge in [-0.25, -0.2) is 0 Å². The van der Waals surface area contributed by atoms with Crippen LogP contribution in [0.3, 0.4) is 0 Å². The normalized spacial score (nSPS) is 24.5. The Bertz CT molecular complexity index is 999. The van der Waals surface area contributed by atoms with E-state index in [1.54, 1.807) is 0 Å². The maximum Gasteiger partial charge on any atom is 0.114 e. The number of hydrogen-bond donors (Lipinski definition) is 2. The van der Waals surface area contributed by atoms with E-state index in [0.717, 1.165) is 16.7 Å². The number of β-amino-alcohol motifs (C(OH)–C–C–N with tert-alkyl or cyclic N) is 1. The van der Waals surface area contributed by atoms with Crippen LogP contribution in [-0.4, -0.2) is 42.1 Å². The third-order valence-corrected chi connectivity index (χ3v) is 6.29. The number of hydrogen-bond acceptors (Lipinski definition) is 5. The number of aliphatic hydroxyl groups excluding tert-OH is 1. The summed E-state index contributed by atoms with van der Waals surface area (Å²) < 4.78 is 19.4. The topological polar surface area (TPSA) is 60.0 Å². The van der Waals surface area contributed by atoms with Gasteiger partial charge in [-0.3, -0.25) is 0 Å². The minimum Gasteiger partial charge on any atom is -0.389 e. The summed E-state index contributed by atoms with van der Waals surface area (Å²) in [5.74, 6) is 0. The molecule has 0 unspecified atom stereocenters. The van der Waals surface area contributed by atoms with Crippen molar-refractivity contribution < 1.29 is 19.3 Å². The molecular formula is C30H35NO4. The van der Waals surface area contributed by atoms with Gasteiger partial charge < -0.3 is 24.6 Å². The van der Waals surface area contributed by atoms with Gasteiger partial charge in [0, 0.05) is 12.6 Å². The highest BCUT2D eigenvalue weighted by molar-refractivity contribution is 5.16. The maximum atomic E-state index is 11.1. The molecule has 5 heteroatoms. The van der Waals surface area contributed by atoms with Crippen molar-refractivity contribution >= 4 is 0 Å². The van der Waals surface area contributed by atoms with Gasteiger partial charge in [0.25, 0.3) is 0 Å². The van der Waals surface area contributed by atoms with Crippen LogP contribution in [0.1, 0.15) is 23.1 Å². The average Bonchev–Trinajstić information content (AvgIpc) is 3.03. The zero-order valence-electron chi connectivity index (χ0n) is 20.0. The van der Waals surface area contributed by atoms with Crippen LogP contribution < -0.4 is 5.32 Å². The van der Waals surface area contributed by atoms with Crippen LogP contribution in [0.5, 0.6) is 0 Å². The van der Waals surface area contributed by atoms with Crippen molar-refractivity contribution in [3.05, 3.63) is 120 Å². The molecule has 0 aliphatic carbocycles. The molecule has 0 spiro atoms. The van der Waals surface area contributed by atoms with Gasteiger partial charge in [-0.1, -0.05) is 97.1 Å². The Balaban J connectivity index is 1.59. The largest absolute Gasteiger partial charge is 0.389 e. The van der Waals surface area contributed by atoms with Gasteiger partial charge >= 0.3 is 0 Å². The Morgan fingerprint density at radius 1 is 0.686 bits per heavy atom. The minimum atomic E-state index is -0.753. The molecule has 0 amide bonds. The van der Waals surface area contributed by atoms with Gasteiger partial charge in [-0.05, 0) is 23.1 Å². The summed E-state index contributed by atoms with van der Waals surface area (Å²) in [5, 5.41) is 14.6. The second-order valence-electron chi connectivity index (χ2n) is 8.89. The Morgan fingerprint density at radius 2 is 1.11 bits per heavy atom. The molecule has 3 aromatic rings. The number of benzene rings is 3. The first-order valence-corrected chi connectivity index (χ1v) is 12.2. The predicted octanol–water partition coefficient (Wildman–Crippen LogP) is 4.65. The summed E-state index contributed by atoms with van der Waals surface area (Å²) in [6.07, 6.45) is 0.400. The fourth-order valence-corrected chi connectivity index (χ4v) is 4.44. The van der Waals surface area contributed by atoms with E-state index in [0.29, 0.717) is 32.8 Å². The molecule has 0 bridgehead atoms. The van der Waals surface area contributed by atoms with E-state index in [2.05, 4.69) is 11.9 Å². The molecule has 0 radical (unpaired) electrons. The van der Waals surface area contributed by atoms with Crippen LogP contribution in [-0.2, 0) is 34.0 Å². The summed E-state index contributed by atoms with van der Waals surface area (Å²) >= 11 is 0. The van der Waals surface area contributed by atoms with Crippen LogP contribution in [0.4, 0.5) is 0 Å². The van der Waals surface area contributed by atoms with E-state index in [1.807, 2.05) is 97.1 Å². The smallest absolute Gasteiger partial charge is 0.114 e. The second kappa shape index (κ2) is 13.3. The number of rotatable bonds is 11. The number of nitrogens with one attached hydrogen (secondary N) is 1. The van der Waals surface area contributed by atoms with Crippen molar-refractivity contribution in [3.8, 4) is 0 Å². The first-order chi connectivity index (χ1) is 17.2. The van der Waals surface area contributed by atoms with E-state index < -0.39 is 18.3 Å². The van der Waals surface area contributed by atoms with E-state index >= 15 is 0 Å². The van der Waals surface area contributed by atoms with Crippen LogP contribution in [0.25, 0.3) is 0 Å². The lowest BCUT2D eigenvalue weighted by molar-refractivity contribution is -0.174. The van der Waals surface area contributed by atoms with Crippen LogP contribution in [0, 0.1) is 0 Å². The van der Waals surface area contributed by atoms with E-state index in [1.165, 1.54) is 0 Å². The molecule has 1 saturated heterocycles. The lowest BCUT2D eigenvalue weighted by atomic mass is 9.97. The Hall–Kier alpha value is -2.80. The molecule has 3 aromatic carbocycles. The van der Waals surface area contributed by atoms with Crippen molar-refractivity contribution in [2.24, 2.45) is 0 Å². The Morgan fingerprint density at radius 3 is 1.57 bits per heavy atom. The van der Waals surface area contributed by atoms with Crippen LogP contribution in [0.15, 0.2) is 104 Å². The molecule has 2 N–H and O–H groups in total. The predicted molar refractivity (Wildman–Crippen MR) is 138 cm³/mol. The molecular weight excluding hydrogens is 438 g/mol. The fourth-order valence-electron chi connectivity index (χ4n) is 4.44. The summed E-state index contributed by atoms with van der Waals surface area (Å²) in [5.41, 5.74) is 3.18. The Kier molecular flexibility index (Phi) is 9.64. The van der Waals surface area contributed by atoms with Crippen LogP contribution >= 0.6 is 0 Å². The zero-order chi connectivity index (χ0) is 24.3. The minimum absolute atomic E-state index is 0.0723. The first-order valence-electron chi connectivity index (χ1n) is 12.2. The van der Waals surface area contributed by atoms with Gasteiger partial charge in [0.2, 0.25) is 0 Å². The lowest BCUT2D eigenvalue weighted by Gasteiger charge is -2.35. The molecule has 5 nitrogen and oxygen atoms in total. The molecule has 0 aromatic heterocycles. The summed E-state index contributed by atoms with van der Waals surface area (Å²) in [6.45, 7) is 5.54. The summed E-state index contributed by atoms with van der Waals surface area (Å²) in [6, 6.07) is 30.1. The van der Waals surface area contributed by atoms with Gasteiger partial charge in [0.05, 0.1) is 25.9 Å². The molecule has 5 atom stereocenters. The summed E-state index contributed by atoms with van der Waals surface area (Å²) in [7, 11) is 0. The van der Waals surface area contributed by atoms with Gasteiger partial charge in [0.1, 0.15) is 18.3 Å². The van der Waals surface area contributed by atoms with E-state index in [9.17, 15) is 5.11 Å². The van der Waals surface area contributed by atoms with Crippen molar-refractivity contribution in [2.45, 2.75) is 56.7 Å². The molecule has 35 heavy (non-hydrogen) atoms. The molecule has 1 heterocycles. The van der Waals surface area contributed by atoms with Crippen molar-refractivity contribution in [3.63, 3.8) is 0 Å². The quantitative estimate of drug-likeness (QED) is 0.397. The third-order valence-electron chi connectivity index (χ3n) is 6.29. The van der Waals surface area contributed by atoms with E-state index in [-0.39, 0.29) is 12.1 Å². The zero-order valence-corrected chi connectivity index (χ0v) is 20.0. The molecule has 4 rings (SSSR count). The molecule has 184 valence electrons. The molecule has 1 aliphatic rings. The molecule has 1 aliphatic heterocycles. The molecule has 0 saturated carbocycles. The third kappa shape index (κ3) is 7.34. The van der Waals surface area contributed by atoms with Crippen molar-refractivity contribution in [1.29, 1.82) is 0 Å². The number of ether oxygens (including phenoxy) is 3. The molecule has 1 fully saturated rings. The van der Waals surface area contributed by atoms with Gasteiger partial charge in [0.15, 0.2) is 0 Å².